The van der Waals surface area contributed by atoms with Crippen LogP contribution in [0.1, 0.15) is 51.4 Å². The van der Waals surface area contributed by atoms with Crippen molar-refractivity contribution in [3.8, 4) is 0 Å². The molecular formula is C13H23NO2. The second-order valence-corrected chi connectivity index (χ2v) is 5.82. The molecule has 0 amide bonds. The van der Waals surface area contributed by atoms with Gasteiger partial charge >= 0.3 is 5.97 Å². The molecule has 16 heavy (non-hydrogen) atoms. The maximum Gasteiger partial charge on any atom is 0.303 e. The van der Waals surface area contributed by atoms with Crippen molar-refractivity contribution in [2.45, 2.75) is 51.4 Å². The highest BCUT2D eigenvalue weighted by Crippen LogP contribution is 2.49. The predicted octanol–water partition coefficient (Wildman–Crippen LogP) is 2.40. The predicted molar refractivity (Wildman–Crippen MR) is 63.0 cm³/mol. The molecule has 0 spiro atoms. The summed E-state index contributed by atoms with van der Waals surface area (Å²) in [5, 5.41) is 8.97. The molecule has 2 atom stereocenters. The first-order chi connectivity index (χ1) is 7.65. The highest BCUT2D eigenvalue weighted by molar-refractivity contribution is 5.67. The molecule has 92 valence electrons. The highest BCUT2D eigenvalue weighted by atomic mass is 16.4. The fourth-order valence-electron chi connectivity index (χ4n) is 3.82. The van der Waals surface area contributed by atoms with Crippen LogP contribution in [0, 0.1) is 17.3 Å². The van der Waals surface area contributed by atoms with Crippen molar-refractivity contribution in [3.63, 3.8) is 0 Å². The Kier molecular flexibility index (Phi) is 3.53. The van der Waals surface area contributed by atoms with Gasteiger partial charge in [-0.1, -0.05) is 25.7 Å². The van der Waals surface area contributed by atoms with E-state index in [0.717, 1.165) is 24.7 Å². The largest absolute Gasteiger partial charge is 0.481 e. The maximum atomic E-state index is 10.9. The molecule has 0 bridgehead atoms. The van der Waals surface area contributed by atoms with Crippen LogP contribution >= 0.6 is 0 Å². The number of rotatable bonds is 4. The Bertz CT molecular complexity index is 261. The van der Waals surface area contributed by atoms with Gasteiger partial charge in [0, 0.05) is 0 Å². The summed E-state index contributed by atoms with van der Waals surface area (Å²) in [5.41, 5.74) is 5.73. The molecular weight excluding hydrogens is 202 g/mol. The van der Waals surface area contributed by atoms with Crippen LogP contribution in [0.4, 0.5) is 0 Å². The zero-order valence-corrected chi connectivity index (χ0v) is 9.95. The van der Waals surface area contributed by atoms with Gasteiger partial charge in [0.15, 0.2) is 0 Å². The van der Waals surface area contributed by atoms with Crippen LogP contribution in [0.3, 0.4) is 0 Å². The number of carboxylic acid groups (broad SMARTS) is 1. The molecule has 0 radical (unpaired) electrons. The SMILES string of the molecule is NCC1(CC(=O)O)CCC(C2CCCC2)C1. The summed E-state index contributed by atoms with van der Waals surface area (Å²) in [5.74, 6) is 0.935. The zero-order valence-electron chi connectivity index (χ0n) is 9.95. The van der Waals surface area contributed by atoms with E-state index >= 15 is 0 Å². The van der Waals surface area contributed by atoms with Gasteiger partial charge in [-0.3, -0.25) is 4.79 Å². The van der Waals surface area contributed by atoms with Crippen molar-refractivity contribution in [2.24, 2.45) is 23.0 Å². The smallest absolute Gasteiger partial charge is 0.303 e. The summed E-state index contributed by atoms with van der Waals surface area (Å²) in [6, 6.07) is 0. The van der Waals surface area contributed by atoms with E-state index in [-0.39, 0.29) is 11.8 Å². The van der Waals surface area contributed by atoms with E-state index < -0.39 is 5.97 Å². The Morgan fingerprint density at radius 2 is 1.94 bits per heavy atom. The second kappa shape index (κ2) is 4.74. The van der Waals surface area contributed by atoms with E-state index in [9.17, 15) is 4.79 Å². The third-order valence-corrected chi connectivity index (χ3v) is 4.77. The summed E-state index contributed by atoms with van der Waals surface area (Å²) in [6.45, 7) is 0.544. The maximum absolute atomic E-state index is 10.9. The molecule has 2 saturated carbocycles. The minimum atomic E-state index is -0.683. The summed E-state index contributed by atoms with van der Waals surface area (Å²) in [7, 11) is 0. The number of carboxylic acids is 1. The molecule has 0 heterocycles. The van der Waals surface area contributed by atoms with Crippen LogP contribution in [-0.2, 0) is 4.79 Å². The molecule has 2 fully saturated rings. The van der Waals surface area contributed by atoms with Gasteiger partial charge in [0.2, 0.25) is 0 Å². The van der Waals surface area contributed by atoms with Gasteiger partial charge in [-0.2, -0.15) is 0 Å². The van der Waals surface area contributed by atoms with Crippen molar-refractivity contribution >= 4 is 5.97 Å². The van der Waals surface area contributed by atoms with Gasteiger partial charge in [-0.05, 0) is 43.1 Å². The molecule has 2 aliphatic carbocycles. The normalized spacial score (nSPS) is 35.7. The molecule has 3 heteroatoms. The molecule has 3 N–H and O–H groups in total. The van der Waals surface area contributed by atoms with E-state index in [1.54, 1.807) is 0 Å². The van der Waals surface area contributed by atoms with Crippen molar-refractivity contribution in [1.82, 2.24) is 0 Å². The quantitative estimate of drug-likeness (QED) is 0.772. The van der Waals surface area contributed by atoms with Crippen molar-refractivity contribution < 1.29 is 9.90 Å². The van der Waals surface area contributed by atoms with Crippen LogP contribution in [-0.4, -0.2) is 17.6 Å². The molecule has 2 rings (SSSR count). The minimum absolute atomic E-state index is 0.0842. The lowest BCUT2D eigenvalue weighted by molar-refractivity contribution is -0.139. The molecule has 0 aliphatic heterocycles. The Balaban J connectivity index is 1.95. The second-order valence-electron chi connectivity index (χ2n) is 5.82. The van der Waals surface area contributed by atoms with E-state index in [0.29, 0.717) is 6.54 Å². The van der Waals surface area contributed by atoms with Crippen LogP contribution in [0.5, 0.6) is 0 Å². The lowest BCUT2D eigenvalue weighted by Gasteiger charge is -2.27. The van der Waals surface area contributed by atoms with Crippen LogP contribution in [0.15, 0.2) is 0 Å². The zero-order chi connectivity index (χ0) is 11.6. The highest BCUT2D eigenvalue weighted by Gasteiger charge is 2.42. The number of hydrogen-bond donors (Lipinski definition) is 2. The van der Waals surface area contributed by atoms with Gasteiger partial charge in [-0.25, -0.2) is 0 Å². The molecule has 0 aromatic heterocycles. The number of nitrogens with two attached hydrogens (primary N) is 1. The number of aliphatic carboxylic acids is 1. The molecule has 3 nitrogen and oxygen atoms in total. The monoisotopic (exact) mass is 225 g/mol. The van der Waals surface area contributed by atoms with Crippen molar-refractivity contribution in [2.75, 3.05) is 6.54 Å². The topological polar surface area (TPSA) is 63.3 Å². The molecule has 2 unspecified atom stereocenters. The van der Waals surface area contributed by atoms with E-state index in [1.165, 1.54) is 32.1 Å². The first kappa shape index (κ1) is 11.9. The van der Waals surface area contributed by atoms with E-state index in [4.69, 9.17) is 10.8 Å². The molecule has 2 aliphatic rings. The third kappa shape index (κ3) is 2.40. The Hall–Kier alpha value is -0.570. The minimum Gasteiger partial charge on any atom is -0.481 e. The van der Waals surface area contributed by atoms with Crippen LogP contribution < -0.4 is 5.73 Å². The summed E-state index contributed by atoms with van der Waals surface area (Å²) >= 11 is 0. The number of carbonyl (C=O) groups is 1. The average molecular weight is 225 g/mol. The first-order valence-electron chi connectivity index (χ1n) is 6.57. The van der Waals surface area contributed by atoms with E-state index in [1.807, 2.05) is 0 Å². The van der Waals surface area contributed by atoms with Gasteiger partial charge in [0.25, 0.3) is 0 Å². The van der Waals surface area contributed by atoms with Gasteiger partial charge in [0.1, 0.15) is 0 Å². The molecule has 0 saturated heterocycles. The summed E-state index contributed by atoms with van der Waals surface area (Å²) in [6.07, 6.45) is 9.02. The van der Waals surface area contributed by atoms with Crippen molar-refractivity contribution in [1.29, 1.82) is 0 Å². The fraction of sp³-hybridized carbons (Fsp3) is 0.923. The van der Waals surface area contributed by atoms with Crippen LogP contribution in [0.25, 0.3) is 0 Å². The van der Waals surface area contributed by atoms with Crippen LogP contribution in [0.2, 0.25) is 0 Å². The van der Waals surface area contributed by atoms with E-state index in [2.05, 4.69) is 0 Å². The Morgan fingerprint density at radius 1 is 1.25 bits per heavy atom. The van der Waals surface area contributed by atoms with Gasteiger partial charge in [0.05, 0.1) is 6.42 Å². The van der Waals surface area contributed by atoms with Gasteiger partial charge in [-0.15, -0.1) is 0 Å². The Morgan fingerprint density at radius 3 is 2.50 bits per heavy atom. The average Bonchev–Trinajstić information content (AvgIpc) is 2.85. The standard InChI is InChI=1S/C13H23NO2/c14-9-13(8-12(15)16)6-5-11(7-13)10-3-1-2-4-10/h10-11H,1-9,14H2,(H,15,16). The fourth-order valence-corrected chi connectivity index (χ4v) is 3.82. The number of hydrogen-bond acceptors (Lipinski definition) is 2. The first-order valence-corrected chi connectivity index (χ1v) is 6.57. The summed E-state index contributed by atoms with van der Waals surface area (Å²) in [4.78, 5) is 10.9. The van der Waals surface area contributed by atoms with Gasteiger partial charge < -0.3 is 10.8 Å². The molecule has 0 aromatic carbocycles. The Labute approximate surface area is 97.4 Å². The lowest BCUT2D eigenvalue weighted by Crippen LogP contribution is -2.31. The molecule has 0 aromatic rings. The lowest BCUT2D eigenvalue weighted by atomic mass is 9.79. The van der Waals surface area contributed by atoms with Crippen molar-refractivity contribution in [3.05, 3.63) is 0 Å². The third-order valence-electron chi connectivity index (χ3n) is 4.77. The summed E-state index contributed by atoms with van der Waals surface area (Å²) < 4.78 is 0.